The molecule has 0 spiro atoms. The average molecular weight is 302 g/mol. The molecule has 1 aliphatic carbocycles. The fraction of sp³-hybridized carbons (Fsp3) is 0.385. The van der Waals surface area contributed by atoms with Crippen molar-refractivity contribution < 1.29 is 14.1 Å². The zero-order chi connectivity index (χ0) is 15.4. The maximum Gasteiger partial charge on any atom is 0.315 e. The second-order valence-electron chi connectivity index (χ2n) is 4.83. The van der Waals surface area contributed by atoms with E-state index in [2.05, 4.69) is 30.7 Å². The summed E-state index contributed by atoms with van der Waals surface area (Å²) in [4.78, 5) is 35.2. The topological polar surface area (TPSA) is 123 Å². The van der Waals surface area contributed by atoms with Gasteiger partial charge in [-0.2, -0.15) is 4.98 Å². The van der Waals surface area contributed by atoms with Crippen LogP contribution in [-0.4, -0.2) is 45.0 Å². The van der Waals surface area contributed by atoms with Crippen molar-refractivity contribution in [1.82, 2.24) is 30.7 Å². The van der Waals surface area contributed by atoms with Crippen molar-refractivity contribution in [3.8, 4) is 0 Å². The largest absolute Gasteiger partial charge is 0.349 e. The van der Waals surface area contributed by atoms with Gasteiger partial charge in [-0.3, -0.25) is 14.6 Å². The summed E-state index contributed by atoms with van der Waals surface area (Å²) in [5.74, 6) is 0.0594. The molecule has 1 aliphatic rings. The van der Waals surface area contributed by atoms with Crippen molar-refractivity contribution in [2.45, 2.75) is 18.8 Å². The molecule has 114 valence electrons. The summed E-state index contributed by atoms with van der Waals surface area (Å²) in [6, 6.07) is 0. The zero-order valence-corrected chi connectivity index (χ0v) is 11.7. The third-order valence-electron chi connectivity index (χ3n) is 3.07. The molecule has 2 aromatic rings. The van der Waals surface area contributed by atoms with Crippen LogP contribution in [-0.2, 0) is 0 Å². The van der Waals surface area contributed by atoms with Gasteiger partial charge < -0.3 is 15.2 Å². The summed E-state index contributed by atoms with van der Waals surface area (Å²) in [6.07, 6.45) is 6.36. The second-order valence-corrected chi connectivity index (χ2v) is 4.83. The van der Waals surface area contributed by atoms with Crippen molar-refractivity contribution in [2.24, 2.45) is 0 Å². The first kappa shape index (κ1) is 14.1. The lowest BCUT2D eigenvalue weighted by Gasteiger charge is -2.04. The van der Waals surface area contributed by atoms with E-state index < -0.39 is 5.91 Å². The Balaban J connectivity index is 1.40. The second kappa shape index (κ2) is 6.29. The van der Waals surface area contributed by atoms with Gasteiger partial charge in [-0.05, 0) is 12.8 Å². The predicted octanol–water partition coefficient (Wildman–Crippen LogP) is -0.103. The molecule has 1 saturated carbocycles. The number of rotatable bonds is 6. The van der Waals surface area contributed by atoms with Gasteiger partial charge in [0, 0.05) is 31.4 Å². The highest BCUT2D eigenvalue weighted by molar-refractivity contribution is 5.92. The maximum absolute atomic E-state index is 11.8. The Morgan fingerprint density at radius 2 is 1.95 bits per heavy atom. The Bertz CT molecular complexity index is 667. The van der Waals surface area contributed by atoms with Crippen molar-refractivity contribution in [3.05, 3.63) is 36.0 Å². The molecule has 2 aromatic heterocycles. The number of aromatic nitrogens is 4. The third kappa shape index (κ3) is 3.43. The molecule has 1 fully saturated rings. The molecular formula is C13H14N6O3. The number of carbonyl (C=O) groups is 2. The normalized spacial score (nSPS) is 13.6. The molecule has 9 nitrogen and oxygen atoms in total. The van der Waals surface area contributed by atoms with Gasteiger partial charge in [-0.25, -0.2) is 4.98 Å². The zero-order valence-electron chi connectivity index (χ0n) is 11.7. The van der Waals surface area contributed by atoms with E-state index in [0.717, 1.165) is 12.8 Å². The van der Waals surface area contributed by atoms with Gasteiger partial charge in [0.05, 0.1) is 6.20 Å². The minimum Gasteiger partial charge on any atom is -0.349 e. The van der Waals surface area contributed by atoms with Crippen LogP contribution >= 0.6 is 0 Å². The van der Waals surface area contributed by atoms with Gasteiger partial charge in [0.25, 0.3) is 5.91 Å². The summed E-state index contributed by atoms with van der Waals surface area (Å²) in [7, 11) is 0. The molecule has 0 aromatic carbocycles. The number of amides is 2. The number of nitrogens with one attached hydrogen (secondary N) is 2. The lowest BCUT2D eigenvalue weighted by Crippen LogP contribution is -2.35. The summed E-state index contributed by atoms with van der Waals surface area (Å²) in [5.41, 5.74) is 0.222. The lowest BCUT2D eigenvalue weighted by atomic mass is 10.4. The van der Waals surface area contributed by atoms with Crippen molar-refractivity contribution >= 4 is 11.8 Å². The molecule has 2 heterocycles. The Morgan fingerprint density at radius 1 is 1.18 bits per heavy atom. The molecular weight excluding hydrogens is 288 g/mol. The highest BCUT2D eigenvalue weighted by Crippen LogP contribution is 2.37. The molecule has 0 saturated heterocycles. The molecule has 2 amide bonds. The first-order valence-corrected chi connectivity index (χ1v) is 6.90. The minimum absolute atomic E-state index is 0.0536. The van der Waals surface area contributed by atoms with Gasteiger partial charge in [0.2, 0.25) is 0 Å². The fourth-order valence-electron chi connectivity index (χ4n) is 1.77. The third-order valence-corrected chi connectivity index (χ3v) is 3.07. The van der Waals surface area contributed by atoms with E-state index in [4.69, 9.17) is 4.52 Å². The van der Waals surface area contributed by atoms with E-state index >= 15 is 0 Å². The molecule has 0 bridgehead atoms. The van der Waals surface area contributed by atoms with Crippen LogP contribution in [0, 0.1) is 0 Å². The van der Waals surface area contributed by atoms with Crippen LogP contribution in [0.2, 0.25) is 0 Å². The highest BCUT2D eigenvalue weighted by atomic mass is 16.5. The predicted molar refractivity (Wildman–Crippen MR) is 73.0 cm³/mol. The molecule has 0 aliphatic heterocycles. The quantitative estimate of drug-likeness (QED) is 0.714. The standard InChI is InChI=1S/C13H14N6O3/c20-11(9-7-14-3-4-15-9)16-5-6-17-12(21)13-18-10(19-22-13)8-1-2-8/h3-4,7-8H,1-2,5-6H2,(H,16,20)(H,17,21). The van der Waals surface area contributed by atoms with Crippen molar-refractivity contribution in [1.29, 1.82) is 0 Å². The van der Waals surface area contributed by atoms with E-state index in [0.29, 0.717) is 11.7 Å². The SMILES string of the molecule is O=C(NCCNC(=O)c1nc(C2CC2)no1)c1cnccn1. The van der Waals surface area contributed by atoms with Crippen molar-refractivity contribution in [3.63, 3.8) is 0 Å². The van der Waals surface area contributed by atoms with Crippen LogP contribution in [0.15, 0.2) is 23.1 Å². The monoisotopic (exact) mass is 302 g/mol. The van der Waals surface area contributed by atoms with Crippen molar-refractivity contribution in [2.75, 3.05) is 13.1 Å². The Morgan fingerprint density at radius 3 is 2.64 bits per heavy atom. The molecule has 2 N–H and O–H groups in total. The molecule has 3 rings (SSSR count). The molecule has 22 heavy (non-hydrogen) atoms. The number of hydrogen-bond donors (Lipinski definition) is 2. The highest BCUT2D eigenvalue weighted by Gasteiger charge is 2.29. The fourth-order valence-corrected chi connectivity index (χ4v) is 1.77. The smallest absolute Gasteiger partial charge is 0.315 e. The van der Waals surface area contributed by atoms with E-state index in [9.17, 15) is 9.59 Å². The first-order valence-electron chi connectivity index (χ1n) is 6.90. The van der Waals surface area contributed by atoms with Crippen LogP contribution in [0.5, 0.6) is 0 Å². The first-order chi connectivity index (χ1) is 10.7. The Kier molecular flexibility index (Phi) is 4.03. The summed E-state index contributed by atoms with van der Waals surface area (Å²) in [5, 5.41) is 8.97. The summed E-state index contributed by atoms with van der Waals surface area (Å²) >= 11 is 0. The van der Waals surface area contributed by atoms with Gasteiger partial charge in [0.1, 0.15) is 5.69 Å². The lowest BCUT2D eigenvalue weighted by molar-refractivity contribution is 0.0897. The van der Waals surface area contributed by atoms with E-state index in [1.165, 1.54) is 18.6 Å². The molecule has 0 atom stereocenters. The summed E-state index contributed by atoms with van der Waals surface area (Å²) < 4.78 is 4.90. The molecule has 0 unspecified atom stereocenters. The van der Waals surface area contributed by atoms with E-state index in [1.807, 2.05) is 0 Å². The Labute approximate surface area is 125 Å². The molecule has 9 heteroatoms. The van der Waals surface area contributed by atoms with Crippen LogP contribution < -0.4 is 10.6 Å². The van der Waals surface area contributed by atoms with Gasteiger partial charge in [0.15, 0.2) is 5.82 Å². The average Bonchev–Trinajstić information content (AvgIpc) is 3.29. The number of nitrogens with zero attached hydrogens (tertiary/aromatic N) is 4. The van der Waals surface area contributed by atoms with E-state index in [-0.39, 0.29) is 30.6 Å². The minimum atomic E-state index is -0.451. The summed E-state index contributed by atoms with van der Waals surface area (Å²) in [6.45, 7) is 0.497. The number of carbonyl (C=O) groups excluding carboxylic acids is 2. The van der Waals surface area contributed by atoms with Crippen LogP contribution in [0.1, 0.15) is 45.8 Å². The molecule has 0 radical (unpaired) electrons. The van der Waals surface area contributed by atoms with Crippen LogP contribution in [0.25, 0.3) is 0 Å². The van der Waals surface area contributed by atoms with Gasteiger partial charge in [-0.1, -0.05) is 5.16 Å². The van der Waals surface area contributed by atoms with Crippen LogP contribution in [0.3, 0.4) is 0 Å². The van der Waals surface area contributed by atoms with E-state index in [1.54, 1.807) is 0 Å². The maximum atomic E-state index is 11.8. The van der Waals surface area contributed by atoms with Crippen LogP contribution in [0.4, 0.5) is 0 Å². The van der Waals surface area contributed by atoms with Gasteiger partial charge in [-0.15, -0.1) is 0 Å². The number of hydrogen-bond acceptors (Lipinski definition) is 7. The van der Waals surface area contributed by atoms with Gasteiger partial charge >= 0.3 is 11.8 Å². The Hall–Kier alpha value is -2.84.